The van der Waals surface area contributed by atoms with Gasteiger partial charge >= 0.3 is 0 Å². The fourth-order valence-corrected chi connectivity index (χ4v) is 2.44. The Kier molecular flexibility index (Phi) is 5.42. The highest BCUT2D eigenvalue weighted by atomic mass is 16.5. The lowest BCUT2D eigenvalue weighted by molar-refractivity contribution is 0.398. The van der Waals surface area contributed by atoms with Crippen molar-refractivity contribution in [1.29, 1.82) is 0 Å². The van der Waals surface area contributed by atoms with E-state index in [9.17, 15) is 0 Å². The molecule has 0 aromatic heterocycles. The molecule has 1 aromatic carbocycles. The lowest BCUT2D eigenvalue weighted by Crippen LogP contribution is -2.18. The van der Waals surface area contributed by atoms with Crippen LogP contribution in [0.2, 0.25) is 0 Å². The van der Waals surface area contributed by atoms with E-state index in [1.54, 1.807) is 7.11 Å². The van der Waals surface area contributed by atoms with Crippen LogP contribution in [0.15, 0.2) is 18.2 Å². The molecule has 0 aliphatic rings. The average molecular weight is 263 g/mol. The Labute approximate surface area is 118 Å². The van der Waals surface area contributed by atoms with Crippen molar-refractivity contribution >= 4 is 0 Å². The quantitative estimate of drug-likeness (QED) is 0.868. The minimum Gasteiger partial charge on any atom is -0.496 e. The standard InChI is InChI=1S/C17H29NO/c1-12(2)9-13(11-18)15-10-14(17(3,4)5)7-8-16(15)19-6/h7-8,10,12-13H,9,11,18H2,1-6H3. The summed E-state index contributed by atoms with van der Waals surface area (Å²) in [5.74, 6) is 1.97. The van der Waals surface area contributed by atoms with Gasteiger partial charge in [0.05, 0.1) is 7.11 Å². The van der Waals surface area contributed by atoms with E-state index >= 15 is 0 Å². The molecule has 2 nitrogen and oxygen atoms in total. The van der Waals surface area contributed by atoms with Crippen LogP contribution in [-0.2, 0) is 5.41 Å². The summed E-state index contributed by atoms with van der Waals surface area (Å²) in [7, 11) is 1.73. The van der Waals surface area contributed by atoms with Crippen LogP contribution in [0.5, 0.6) is 5.75 Å². The molecule has 19 heavy (non-hydrogen) atoms. The van der Waals surface area contributed by atoms with Gasteiger partial charge in [0.25, 0.3) is 0 Å². The first kappa shape index (κ1) is 16.0. The monoisotopic (exact) mass is 263 g/mol. The molecule has 1 atom stereocenters. The Bertz CT molecular complexity index is 404. The second-order valence-electron chi connectivity index (χ2n) is 6.77. The molecule has 1 unspecified atom stereocenters. The van der Waals surface area contributed by atoms with Gasteiger partial charge in [0.15, 0.2) is 0 Å². The second-order valence-corrected chi connectivity index (χ2v) is 6.77. The fourth-order valence-electron chi connectivity index (χ4n) is 2.44. The maximum atomic E-state index is 5.98. The van der Waals surface area contributed by atoms with Gasteiger partial charge in [-0.25, -0.2) is 0 Å². The third kappa shape index (κ3) is 4.24. The van der Waals surface area contributed by atoms with Gasteiger partial charge in [0.2, 0.25) is 0 Å². The average Bonchev–Trinajstić information content (AvgIpc) is 2.33. The van der Waals surface area contributed by atoms with Crippen LogP contribution in [0.4, 0.5) is 0 Å². The van der Waals surface area contributed by atoms with Crippen molar-refractivity contribution in [3.8, 4) is 5.75 Å². The van der Waals surface area contributed by atoms with Gasteiger partial charge in [-0.3, -0.25) is 0 Å². The van der Waals surface area contributed by atoms with Gasteiger partial charge < -0.3 is 10.5 Å². The van der Waals surface area contributed by atoms with Gasteiger partial charge in [0, 0.05) is 5.92 Å². The van der Waals surface area contributed by atoms with Crippen molar-refractivity contribution in [2.75, 3.05) is 13.7 Å². The van der Waals surface area contributed by atoms with Crippen LogP contribution in [-0.4, -0.2) is 13.7 Å². The number of hydrogen-bond donors (Lipinski definition) is 1. The molecule has 2 heteroatoms. The highest BCUT2D eigenvalue weighted by molar-refractivity contribution is 5.42. The van der Waals surface area contributed by atoms with Crippen LogP contribution in [0.1, 0.15) is 58.1 Å². The number of methoxy groups -OCH3 is 1. The largest absolute Gasteiger partial charge is 0.496 e. The van der Waals surface area contributed by atoms with E-state index in [0.29, 0.717) is 18.4 Å². The van der Waals surface area contributed by atoms with Crippen LogP contribution >= 0.6 is 0 Å². The zero-order valence-corrected chi connectivity index (χ0v) is 13.3. The number of benzene rings is 1. The zero-order valence-electron chi connectivity index (χ0n) is 13.3. The molecule has 0 saturated carbocycles. The van der Waals surface area contributed by atoms with Gasteiger partial charge in [-0.05, 0) is 41.5 Å². The van der Waals surface area contributed by atoms with Crippen molar-refractivity contribution in [1.82, 2.24) is 0 Å². The molecule has 0 amide bonds. The molecule has 0 saturated heterocycles. The van der Waals surface area contributed by atoms with E-state index in [4.69, 9.17) is 10.5 Å². The molecule has 0 spiro atoms. The smallest absolute Gasteiger partial charge is 0.122 e. The van der Waals surface area contributed by atoms with Crippen LogP contribution < -0.4 is 10.5 Å². The third-order valence-corrected chi connectivity index (χ3v) is 3.58. The summed E-state index contributed by atoms with van der Waals surface area (Å²) in [6.45, 7) is 11.9. The van der Waals surface area contributed by atoms with Crippen molar-refractivity contribution in [2.24, 2.45) is 11.7 Å². The Morgan fingerprint density at radius 1 is 1.21 bits per heavy atom. The first-order valence-corrected chi connectivity index (χ1v) is 7.18. The molecule has 0 radical (unpaired) electrons. The number of rotatable bonds is 5. The number of hydrogen-bond acceptors (Lipinski definition) is 2. The minimum atomic E-state index is 0.151. The molecule has 0 heterocycles. The van der Waals surface area contributed by atoms with Crippen LogP contribution in [0.25, 0.3) is 0 Å². The highest BCUT2D eigenvalue weighted by Gasteiger charge is 2.20. The van der Waals surface area contributed by atoms with E-state index in [0.717, 1.165) is 12.2 Å². The van der Waals surface area contributed by atoms with Gasteiger partial charge in [-0.1, -0.05) is 46.8 Å². The van der Waals surface area contributed by atoms with E-state index in [2.05, 4.69) is 52.8 Å². The van der Waals surface area contributed by atoms with Crippen molar-refractivity contribution in [3.63, 3.8) is 0 Å². The van der Waals surface area contributed by atoms with E-state index in [1.165, 1.54) is 11.1 Å². The molecule has 0 aliphatic heterocycles. The molecular weight excluding hydrogens is 234 g/mol. The van der Waals surface area contributed by atoms with Crippen molar-refractivity contribution in [3.05, 3.63) is 29.3 Å². The fraction of sp³-hybridized carbons (Fsp3) is 0.647. The molecule has 2 N–H and O–H groups in total. The summed E-state index contributed by atoms with van der Waals surface area (Å²) < 4.78 is 5.52. The summed E-state index contributed by atoms with van der Waals surface area (Å²) >= 11 is 0. The van der Waals surface area contributed by atoms with Gasteiger partial charge in [0.1, 0.15) is 5.75 Å². The first-order valence-electron chi connectivity index (χ1n) is 7.18. The van der Waals surface area contributed by atoms with Crippen molar-refractivity contribution in [2.45, 2.75) is 52.4 Å². The topological polar surface area (TPSA) is 35.2 Å². The Morgan fingerprint density at radius 3 is 2.26 bits per heavy atom. The molecule has 1 aromatic rings. The normalized spacial score (nSPS) is 13.7. The molecule has 0 bridgehead atoms. The third-order valence-electron chi connectivity index (χ3n) is 3.58. The lowest BCUT2D eigenvalue weighted by atomic mass is 9.82. The number of nitrogens with two attached hydrogens (primary N) is 1. The van der Waals surface area contributed by atoms with E-state index in [1.807, 2.05) is 0 Å². The van der Waals surface area contributed by atoms with E-state index in [-0.39, 0.29) is 5.41 Å². The van der Waals surface area contributed by atoms with Gasteiger partial charge in [-0.15, -0.1) is 0 Å². The second kappa shape index (κ2) is 6.42. The maximum absolute atomic E-state index is 5.98. The molecule has 0 fully saturated rings. The zero-order chi connectivity index (χ0) is 14.6. The summed E-state index contributed by atoms with van der Waals surface area (Å²) in [6.07, 6.45) is 1.10. The van der Waals surface area contributed by atoms with Gasteiger partial charge in [-0.2, -0.15) is 0 Å². The summed E-state index contributed by atoms with van der Waals surface area (Å²) in [4.78, 5) is 0. The molecule has 0 aliphatic carbocycles. The Balaban J connectivity index is 3.21. The molecule has 1 rings (SSSR count). The lowest BCUT2D eigenvalue weighted by Gasteiger charge is -2.25. The highest BCUT2D eigenvalue weighted by Crippen LogP contribution is 2.34. The maximum Gasteiger partial charge on any atom is 0.122 e. The minimum absolute atomic E-state index is 0.151. The van der Waals surface area contributed by atoms with Crippen LogP contribution in [0.3, 0.4) is 0 Å². The summed E-state index contributed by atoms with van der Waals surface area (Å²) in [6, 6.07) is 6.52. The number of ether oxygens (including phenoxy) is 1. The summed E-state index contributed by atoms with van der Waals surface area (Å²) in [5, 5.41) is 0. The van der Waals surface area contributed by atoms with Crippen LogP contribution in [0, 0.1) is 5.92 Å². The predicted octanol–water partition coefficient (Wildman–Crippen LogP) is 4.08. The Hall–Kier alpha value is -1.02. The van der Waals surface area contributed by atoms with E-state index < -0.39 is 0 Å². The van der Waals surface area contributed by atoms with Crippen molar-refractivity contribution < 1.29 is 4.74 Å². The Morgan fingerprint density at radius 2 is 1.84 bits per heavy atom. The molecular formula is C17H29NO. The summed E-state index contributed by atoms with van der Waals surface area (Å²) in [5.41, 5.74) is 8.73. The SMILES string of the molecule is COc1ccc(C(C)(C)C)cc1C(CN)CC(C)C. The molecule has 108 valence electrons. The predicted molar refractivity (Wildman–Crippen MR) is 82.9 cm³/mol. The first-order chi connectivity index (χ1) is 8.79.